The molecule has 1 atom stereocenters. The first-order valence-electron chi connectivity index (χ1n) is 6.14. The average molecular weight is 264 g/mol. The summed E-state index contributed by atoms with van der Waals surface area (Å²) >= 11 is 0. The third kappa shape index (κ3) is 3.75. The maximum absolute atomic E-state index is 11.9. The molecular formula is C13H16N2O4. The first-order valence-corrected chi connectivity index (χ1v) is 6.14. The Morgan fingerprint density at radius 3 is 2.89 bits per heavy atom. The molecular weight excluding hydrogens is 248 g/mol. The number of nitrogens with zero attached hydrogens (tertiary/aromatic N) is 2. The van der Waals surface area contributed by atoms with Gasteiger partial charge in [0.15, 0.2) is 0 Å². The van der Waals surface area contributed by atoms with Gasteiger partial charge in [0.05, 0.1) is 12.6 Å². The SMILES string of the molecule is O=C(O)CCC1COCC(=O)N1Cc1ccncc1. The summed E-state index contributed by atoms with van der Waals surface area (Å²) in [4.78, 5) is 28.2. The molecule has 0 aliphatic carbocycles. The highest BCUT2D eigenvalue weighted by molar-refractivity contribution is 5.78. The number of amides is 1. The van der Waals surface area contributed by atoms with Crippen LogP contribution in [-0.2, 0) is 20.9 Å². The summed E-state index contributed by atoms with van der Waals surface area (Å²) in [7, 11) is 0. The number of aromatic nitrogens is 1. The molecule has 1 aliphatic heterocycles. The highest BCUT2D eigenvalue weighted by atomic mass is 16.5. The predicted molar refractivity (Wildman–Crippen MR) is 66.3 cm³/mol. The molecule has 6 heteroatoms. The van der Waals surface area contributed by atoms with Crippen molar-refractivity contribution in [1.29, 1.82) is 0 Å². The number of carbonyl (C=O) groups is 2. The Balaban J connectivity index is 2.03. The fourth-order valence-corrected chi connectivity index (χ4v) is 2.09. The predicted octanol–water partition coefficient (Wildman–Crippen LogP) is 0.674. The van der Waals surface area contributed by atoms with Crippen molar-refractivity contribution in [1.82, 2.24) is 9.88 Å². The van der Waals surface area contributed by atoms with E-state index >= 15 is 0 Å². The number of carboxylic acids is 1. The van der Waals surface area contributed by atoms with Crippen molar-refractivity contribution in [3.8, 4) is 0 Å². The number of pyridine rings is 1. The van der Waals surface area contributed by atoms with Crippen molar-refractivity contribution >= 4 is 11.9 Å². The molecule has 19 heavy (non-hydrogen) atoms. The van der Waals surface area contributed by atoms with Crippen LogP contribution in [0.1, 0.15) is 18.4 Å². The van der Waals surface area contributed by atoms with Crippen molar-refractivity contribution in [3.63, 3.8) is 0 Å². The molecule has 0 bridgehead atoms. The lowest BCUT2D eigenvalue weighted by Crippen LogP contribution is -2.48. The molecule has 102 valence electrons. The van der Waals surface area contributed by atoms with Gasteiger partial charge in [0, 0.05) is 25.4 Å². The summed E-state index contributed by atoms with van der Waals surface area (Å²) in [6, 6.07) is 3.51. The second-order valence-corrected chi connectivity index (χ2v) is 4.48. The zero-order valence-electron chi connectivity index (χ0n) is 10.5. The quantitative estimate of drug-likeness (QED) is 0.845. The maximum Gasteiger partial charge on any atom is 0.303 e. The Morgan fingerprint density at radius 1 is 1.47 bits per heavy atom. The van der Waals surface area contributed by atoms with Gasteiger partial charge in [-0.3, -0.25) is 14.6 Å². The van der Waals surface area contributed by atoms with Crippen LogP contribution in [0.5, 0.6) is 0 Å². The number of rotatable bonds is 5. The van der Waals surface area contributed by atoms with Crippen LogP contribution in [0.4, 0.5) is 0 Å². The zero-order chi connectivity index (χ0) is 13.7. The molecule has 1 aliphatic rings. The van der Waals surface area contributed by atoms with Crippen molar-refractivity contribution in [3.05, 3.63) is 30.1 Å². The second-order valence-electron chi connectivity index (χ2n) is 4.48. The molecule has 1 fully saturated rings. The van der Waals surface area contributed by atoms with Crippen molar-refractivity contribution in [2.45, 2.75) is 25.4 Å². The summed E-state index contributed by atoms with van der Waals surface area (Å²) in [5.74, 6) is -0.958. The fourth-order valence-electron chi connectivity index (χ4n) is 2.09. The molecule has 2 rings (SSSR count). The van der Waals surface area contributed by atoms with Crippen molar-refractivity contribution in [2.24, 2.45) is 0 Å². The molecule has 1 unspecified atom stereocenters. The molecule has 1 N–H and O–H groups in total. The fraction of sp³-hybridized carbons (Fsp3) is 0.462. The van der Waals surface area contributed by atoms with E-state index in [0.717, 1.165) is 5.56 Å². The number of aliphatic carboxylic acids is 1. The number of carbonyl (C=O) groups excluding carboxylic acids is 1. The van der Waals surface area contributed by atoms with Crippen LogP contribution in [0.25, 0.3) is 0 Å². The van der Waals surface area contributed by atoms with Crippen LogP contribution >= 0.6 is 0 Å². The van der Waals surface area contributed by atoms with E-state index in [9.17, 15) is 9.59 Å². The van der Waals surface area contributed by atoms with E-state index in [1.54, 1.807) is 17.3 Å². The van der Waals surface area contributed by atoms with Crippen molar-refractivity contribution < 1.29 is 19.4 Å². The van der Waals surface area contributed by atoms with Crippen LogP contribution < -0.4 is 0 Å². The third-order valence-corrected chi connectivity index (χ3v) is 3.09. The van der Waals surface area contributed by atoms with E-state index in [1.807, 2.05) is 12.1 Å². The van der Waals surface area contributed by atoms with Gasteiger partial charge < -0.3 is 14.7 Å². The molecule has 1 aromatic rings. The van der Waals surface area contributed by atoms with E-state index in [0.29, 0.717) is 19.6 Å². The largest absolute Gasteiger partial charge is 0.481 e. The summed E-state index contributed by atoms with van der Waals surface area (Å²) in [5, 5.41) is 8.73. The van der Waals surface area contributed by atoms with Gasteiger partial charge in [-0.2, -0.15) is 0 Å². The molecule has 0 aromatic carbocycles. The first-order chi connectivity index (χ1) is 9.16. The lowest BCUT2D eigenvalue weighted by molar-refractivity contribution is -0.151. The number of carboxylic acid groups (broad SMARTS) is 1. The van der Waals surface area contributed by atoms with Crippen LogP contribution in [0.15, 0.2) is 24.5 Å². The van der Waals surface area contributed by atoms with Gasteiger partial charge in [-0.15, -0.1) is 0 Å². The molecule has 0 spiro atoms. The van der Waals surface area contributed by atoms with Gasteiger partial charge in [0.1, 0.15) is 6.61 Å². The molecule has 6 nitrogen and oxygen atoms in total. The first kappa shape index (κ1) is 13.5. The summed E-state index contributed by atoms with van der Waals surface area (Å²) in [5.41, 5.74) is 0.977. The van der Waals surface area contributed by atoms with Crippen molar-refractivity contribution in [2.75, 3.05) is 13.2 Å². The Morgan fingerprint density at radius 2 is 2.21 bits per heavy atom. The van der Waals surface area contributed by atoms with Crippen LogP contribution in [0.3, 0.4) is 0 Å². The number of ether oxygens (including phenoxy) is 1. The molecule has 1 amide bonds. The van der Waals surface area contributed by atoms with Gasteiger partial charge in [-0.05, 0) is 24.1 Å². The number of morpholine rings is 1. The minimum absolute atomic E-state index is 0.0359. The van der Waals surface area contributed by atoms with Gasteiger partial charge in [0.25, 0.3) is 0 Å². The second kappa shape index (κ2) is 6.29. The van der Waals surface area contributed by atoms with Gasteiger partial charge in [0.2, 0.25) is 5.91 Å². The Hall–Kier alpha value is -1.95. The lowest BCUT2D eigenvalue weighted by Gasteiger charge is -2.35. The molecule has 1 aromatic heterocycles. The molecule has 1 saturated heterocycles. The minimum Gasteiger partial charge on any atom is -0.481 e. The van der Waals surface area contributed by atoms with E-state index in [1.165, 1.54) is 0 Å². The third-order valence-electron chi connectivity index (χ3n) is 3.09. The van der Waals surface area contributed by atoms with Crippen LogP contribution in [-0.4, -0.2) is 46.1 Å². The van der Waals surface area contributed by atoms with E-state index in [-0.39, 0.29) is 25.0 Å². The highest BCUT2D eigenvalue weighted by Gasteiger charge is 2.28. The Labute approximate surface area is 111 Å². The standard InChI is InChI=1S/C13H16N2O4/c16-12-9-19-8-11(1-2-13(17)18)15(12)7-10-3-5-14-6-4-10/h3-6,11H,1-2,7-9H2,(H,17,18). The smallest absolute Gasteiger partial charge is 0.303 e. The zero-order valence-corrected chi connectivity index (χ0v) is 10.5. The number of hydrogen-bond acceptors (Lipinski definition) is 4. The van der Waals surface area contributed by atoms with E-state index < -0.39 is 5.97 Å². The van der Waals surface area contributed by atoms with Crippen LogP contribution in [0, 0.1) is 0 Å². The summed E-state index contributed by atoms with van der Waals surface area (Å²) in [6.45, 7) is 0.924. The summed E-state index contributed by atoms with van der Waals surface area (Å²) < 4.78 is 5.20. The average Bonchev–Trinajstić information content (AvgIpc) is 2.40. The van der Waals surface area contributed by atoms with E-state index in [4.69, 9.17) is 9.84 Å². The number of hydrogen-bond donors (Lipinski definition) is 1. The highest BCUT2D eigenvalue weighted by Crippen LogP contribution is 2.16. The normalized spacial score (nSPS) is 19.5. The molecule has 2 heterocycles. The topological polar surface area (TPSA) is 79.7 Å². The van der Waals surface area contributed by atoms with Crippen LogP contribution in [0.2, 0.25) is 0 Å². The summed E-state index contributed by atoms with van der Waals surface area (Å²) in [6.07, 6.45) is 3.79. The lowest BCUT2D eigenvalue weighted by atomic mass is 10.1. The maximum atomic E-state index is 11.9. The molecule has 0 radical (unpaired) electrons. The minimum atomic E-state index is -0.859. The monoisotopic (exact) mass is 264 g/mol. The van der Waals surface area contributed by atoms with Gasteiger partial charge in [-0.1, -0.05) is 0 Å². The Kier molecular flexibility index (Phi) is 4.46. The van der Waals surface area contributed by atoms with Gasteiger partial charge >= 0.3 is 5.97 Å². The van der Waals surface area contributed by atoms with E-state index in [2.05, 4.69) is 4.98 Å². The molecule has 0 saturated carbocycles. The Bertz CT molecular complexity index is 449. The van der Waals surface area contributed by atoms with Gasteiger partial charge in [-0.25, -0.2) is 0 Å².